The summed E-state index contributed by atoms with van der Waals surface area (Å²) in [6, 6.07) is 7.74. The van der Waals surface area contributed by atoms with E-state index < -0.39 is 0 Å². The molecular formula is C12H18N2O2. The zero-order chi connectivity index (χ0) is 11.8. The van der Waals surface area contributed by atoms with Gasteiger partial charge in [-0.3, -0.25) is 4.79 Å². The van der Waals surface area contributed by atoms with Crippen LogP contribution in [0.2, 0.25) is 0 Å². The smallest absolute Gasteiger partial charge is 0.220 e. The number of amides is 1. The summed E-state index contributed by atoms with van der Waals surface area (Å²) in [6.07, 6.45) is 1.22. The van der Waals surface area contributed by atoms with Crippen LogP contribution in [-0.2, 0) is 11.2 Å². The van der Waals surface area contributed by atoms with Crippen LogP contribution >= 0.6 is 0 Å². The van der Waals surface area contributed by atoms with Crippen LogP contribution in [0.15, 0.2) is 24.3 Å². The SMILES string of the molecule is CNC(=O)CCc1cccc(OCCN)c1. The molecule has 0 saturated carbocycles. The Morgan fingerprint density at radius 1 is 1.50 bits per heavy atom. The summed E-state index contributed by atoms with van der Waals surface area (Å²) in [5.74, 6) is 0.855. The van der Waals surface area contributed by atoms with Crippen molar-refractivity contribution in [2.24, 2.45) is 5.73 Å². The third-order valence-corrected chi connectivity index (χ3v) is 2.20. The highest BCUT2D eigenvalue weighted by Gasteiger charge is 2.01. The van der Waals surface area contributed by atoms with E-state index in [9.17, 15) is 4.79 Å². The Morgan fingerprint density at radius 2 is 2.31 bits per heavy atom. The molecule has 4 heteroatoms. The second-order valence-electron chi connectivity index (χ2n) is 3.46. The van der Waals surface area contributed by atoms with Gasteiger partial charge in [0.1, 0.15) is 12.4 Å². The lowest BCUT2D eigenvalue weighted by atomic mass is 10.1. The first kappa shape index (κ1) is 12.5. The normalized spacial score (nSPS) is 9.88. The standard InChI is InChI=1S/C12H18N2O2/c1-14-12(15)6-5-10-3-2-4-11(9-10)16-8-7-13/h2-4,9H,5-8,13H2,1H3,(H,14,15). The number of hydrogen-bond donors (Lipinski definition) is 2. The van der Waals surface area contributed by atoms with E-state index in [2.05, 4.69) is 5.32 Å². The molecule has 0 spiro atoms. The Kier molecular flexibility index (Phi) is 5.36. The molecule has 1 amide bonds. The monoisotopic (exact) mass is 222 g/mol. The number of nitrogens with two attached hydrogens (primary N) is 1. The molecule has 0 bridgehead atoms. The van der Waals surface area contributed by atoms with E-state index in [1.165, 1.54) is 0 Å². The third kappa shape index (κ3) is 4.31. The van der Waals surface area contributed by atoms with E-state index in [-0.39, 0.29) is 5.91 Å². The van der Waals surface area contributed by atoms with Crippen molar-refractivity contribution in [1.29, 1.82) is 0 Å². The van der Waals surface area contributed by atoms with Gasteiger partial charge >= 0.3 is 0 Å². The van der Waals surface area contributed by atoms with Gasteiger partial charge in [-0.1, -0.05) is 12.1 Å². The van der Waals surface area contributed by atoms with Crippen LogP contribution in [0.25, 0.3) is 0 Å². The minimum absolute atomic E-state index is 0.0493. The Balaban J connectivity index is 2.50. The van der Waals surface area contributed by atoms with E-state index in [4.69, 9.17) is 10.5 Å². The summed E-state index contributed by atoms with van der Waals surface area (Å²) < 4.78 is 5.40. The molecule has 3 N–H and O–H groups in total. The van der Waals surface area contributed by atoms with E-state index in [1.54, 1.807) is 7.05 Å². The van der Waals surface area contributed by atoms with Crippen molar-refractivity contribution in [2.45, 2.75) is 12.8 Å². The molecule has 0 aromatic heterocycles. The number of carbonyl (C=O) groups excluding carboxylic acids is 1. The summed E-state index contributed by atoms with van der Waals surface area (Å²) in [5.41, 5.74) is 6.45. The van der Waals surface area contributed by atoms with Gasteiger partial charge in [-0.2, -0.15) is 0 Å². The van der Waals surface area contributed by atoms with Gasteiger partial charge in [-0.25, -0.2) is 0 Å². The summed E-state index contributed by atoms with van der Waals surface area (Å²) in [7, 11) is 1.64. The van der Waals surface area contributed by atoms with Crippen LogP contribution in [-0.4, -0.2) is 26.1 Å². The predicted octanol–water partition coefficient (Wildman–Crippen LogP) is 0.703. The highest BCUT2D eigenvalue weighted by atomic mass is 16.5. The lowest BCUT2D eigenvalue weighted by molar-refractivity contribution is -0.120. The molecule has 0 fully saturated rings. The van der Waals surface area contributed by atoms with Gasteiger partial charge < -0.3 is 15.8 Å². The first-order chi connectivity index (χ1) is 7.76. The summed E-state index contributed by atoms with van der Waals surface area (Å²) in [6.45, 7) is 1.02. The number of aryl methyl sites for hydroxylation is 1. The molecule has 16 heavy (non-hydrogen) atoms. The molecule has 0 atom stereocenters. The van der Waals surface area contributed by atoms with Crippen LogP contribution in [0.5, 0.6) is 5.75 Å². The van der Waals surface area contributed by atoms with E-state index in [0.29, 0.717) is 19.6 Å². The first-order valence-electron chi connectivity index (χ1n) is 5.38. The van der Waals surface area contributed by atoms with Crippen molar-refractivity contribution in [3.8, 4) is 5.75 Å². The molecular weight excluding hydrogens is 204 g/mol. The molecule has 88 valence electrons. The van der Waals surface area contributed by atoms with Crippen LogP contribution in [0.3, 0.4) is 0 Å². The first-order valence-corrected chi connectivity index (χ1v) is 5.38. The molecule has 0 aliphatic heterocycles. The Morgan fingerprint density at radius 3 is 3.00 bits per heavy atom. The number of rotatable bonds is 6. The molecule has 0 saturated heterocycles. The quantitative estimate of drug-likeness (QED) is 0.744. The second-order valence-corrected chi connectivity index (χ2v) is 3.46. The molecule has 0 unspecified atom stereocenters. The average molecular weight is 222 g/mol. The number of benzene rings is 1. The topological polar surface area (TPSA) is 64.3 Å². The third-order valence-electron chi connectivity index (χ3n) is 2.20. The van der Waals surface area contributed by atoms with Gasteiger partial charge in [0.15, 0.2) is 0 Å². The van der Waals surface area contributed by atoms with E-state index in [1.807, 2.05) is 24.3 Å². The molecule has 4 nitrogen and oxygen atoms in total. The minimum Gasteiger partial charge on any atom is -0.492 e. The van der Waals surface area contributed by atoms with Crippen LogP contribution < -0.4 is 15.8 Å². The number of nitrogens with one attached hydrogen (secondary N) is 1. The Bertz CT molecular complexity index is 340. The molecule has 0 aliphatic carbocycles. The fourth-order valence-corrected chi connectivity index (χ4v) is 1.35. The Labute approximate surface area is 95.8 Å². The van der Waals surface area contributed by atoms with Crippen molar-refractivity contribution in [1.82, 2.24) is 5.32 Å². The maximum absolute atomic E-state index is 11.1. The zero-order valence-corrected chi connectivity index (χ0v) is 9.53. The van der Waals surface area contributed by atoms with Crippen molar-refractivity contribution in [2.75, 3.05) is 20.2 Å². The average Bonchev–Trinajstić information content (AvgIpc) is 2.34. The van der Waals surface area contributed by atoms with Gasteiger partial charge in [0.25, 0.3) is 0 Å². The van der Waals surface area contributed by atoms with Crippen LogP contribution in [0.1, 0.15) is 12.0 Å². The van der Waals surface area contributed by atoms with Gasteiger partial charge in [-0.15, -0.1) is 0 Å². The molecule has 0 aliphatic rings. The zero-order valence-electron chi connectivity index (χ0n) is 9.53. The van der Waals surface area contributed by atoms with Crippen molar-refractivity contribution < 1.29 is 9.53 Å². The number of hydrogen-bond acceptors (Lipinski definition) is 3. The lowest BCUT2D eigenvalue weighted by Gasteiger charge is -2.06. The highest BCUT2D eigenvalue weighted by Crippen LogP contribution is 2.14. The van der Waals surface area contributed by atoms with Gasteiger partial charge in [0.05, 0.1) is 0 Å². The van der Waals surface area contributed by atoms with Crippen molar-refractivity contribution in [3.05, 3.63) is 29.8 Å². The summed E-state index contributed by atoms with van der Waals surface area (Å²) in [4.78, 5) is 11.1. The largest absolute Gasteiger partial charge is 0.492 e. The van der Waals surface area contributed by atoms with Gasteiger partial charge in [-0.05, 0) is 24.1 Å². The lowest BCUT2D eigenvalue weighted by Crippen LogP contribution is -2.17. The van der Waals surface area contributed by atoms with Gasteiger partial charge in [0, 0.05) is 20.0 Å². The molecule has 1 aromatic rings. The van der Waals surface area contributed by atoms with E-state index in [0.717, 1.165) is 17.7 Å². The Hall–Kier alpha value is -1.55. The maximum Gasteiger partial charge on any atom is 0.220 e. The van der Waals surface area contributed by atoms with Crippen LogP contribution in [0.4, 0.5) is 0 Å². The highest BCUT2D eigenvalue weighted by molar-refractivity contribution is 5.75. The summed E-state index contributed by atoms with van der Waals surface area (Å²) >= 11 is 0. The fourth-order valence-electron chi connectivity index (χ4n) is 1.35. The van der Waals surface area contributed by atoms with E-state index >= 15 is 0 Å². The fraction of sp³-hybridized carbons (Fsp3) is 0.417. The number of ether oxygens (including phenoxy) is 1. The summed E-state index contributed by atoms with van der Waals surface area (Å²) in [5, 5.41) is 2.60. The molecule has 0 heterocycles. The van der Waals surface area contributed by atoms with Crippen molar-refractivity contribution in [3.63, 3.8) is 0 Å². The molecule has 1 aromatic carbocycles. The van der Waals surface area contributed by atoms with Gasteiger partial charge in [0.2, 0.25) is 5.91 Å². The predicted molar refractivity (Wildman–Crippen MR) is 63.4 cm³/mol. The minimum atomic E-state index is 0.0493. The van der Waals surface area contributed by atoms with Crippen molar-refractivity contribution >= 4 is 5.91 Å². The second kappa shape index (κ2) is 6.85. The maximum atomic E-state index is 11.1. The molecule has 0 radical (unpaired) electrons. The molecule has 1 rings (SSSR count). The number of carbonyl (C=O) groups is 1. The van der Waals surface area contributed by atoms with Crippen LogP contribution in [0, 0.1) is 0 Å².